The second-order valence-corrected chi connectivity index (χ2v) is 2.73. The monoisotopic (exact) mass is 151 g/mol. The summed E-state index contributed by atoms with van der Waals surface area (Å²) in [6.07, 6.45) is 4.41. The van der Waals surface area contributed by atoms with Crippen LogP contribution in [0.25, 0.3) is 0 Å². The van der Waals surface area contributed by atoms with Gasteiger partial charge >= 0.3 is 0 Å². The van der Waals surface area contributed by atoms with Crippen molar-refractivity contribution < 1.29 is 4.79 Å². The summed E-state index contributed by atoms with van der Waals surface area (Å²) in [6.45, 7) is 1.61. The Hall–Kier alpha value is -1.32. The van der Waals surface area contributed by atoms with E-state index in [2.05, 4.69) is 9.97 Å². The van der Waals surface area contributed by atoms with Gasteiger partial charge in [-0.25, -0.2) is 4.98 Å². The number of aromatic nitrogens is 2. The largest absolute Gasteiger partial charge is 0.348 e. The molecule has 1 aromatic heterocycles. The molecule has 2 rings (SSSR count). The molecule has 0 unspecified atom stereocenters. The van der Waals surface area contributed by atoms with E-state index < -0.39 is 0 Å². The Balaban J connectivity index is 1.97. The predicted molar refractivity (Wildman–Crippen MR) is 39.0 cm³/mol. The highest BCUT2D eigenvalue weighted by Gasteiger charge is 2.28. The molecule has 0 aliphatic carbocycles. The van der Waals surface area contributed by atoms with Gasteiger partial charge in [-0.1, -0.05) is 0 Å². The van der Waals surface area contributed by atoms with E-state index in [1.807, 2.05) is 0 Å². The van der Waals surface area contributed by atoms with Crippen molar-refractivity contribution in [3.05, 3.63) is 18.2 Å². The van der Waals surface area contributed by atoms with Crippen molar-refractivity contribution in [1.82, 2.24) is 14.9 Å². The summed E-state index contributed by atoms with van der Waals surface area (Å²) in [7, 11) is 0. The topological polar surface area (TPSA) is 49.0 Å². The molecule has 58 valence electrons. The van der Waals surface area contributed by atoms with Crippen molar-refractivity contribution in [1.29, 1.82) is 0 Å². The van der Waals surface area contributed by atoms with Gasteiger partial charge in [-0.15, -0.1) is 0 Å². The van der Waals surface area contributed by atoms with Gasteiger partial charge in [0, 0.05) is 25.5 Å². The molecule has 0 aromatic carbocycles. The van der Waals surface area contributed by atoms with Crippen LogP contribution in [-0.2, 0) is 4.79 Å². The number of hydrogen-bond donors (Lipinski definition) is 1. The van der Waals surface area contributed by atoms with E-state index in [1.54, 1.807) is 17.3 Å². The average Bonchev–Trinajstić information content (AvgIpc) is 2.37. The van der Waals surface area contributed by atoms with Gasteiger partial charge < -0.3 is 9.88 Å². The first-order chi connectivity index (χ1) is 5.40. The van der Waals surface area contributed by atoms with Crippen LogP contribution in [0.5, 0.6) is 0 Å². The number of nitrogens with zero attached hydrogens (tertiary/aromatic N) is 2. The van der Waals surface area contributed by atoms with Crippen LogP contribution in [0.4, 0.5) is 0 Å². The Morgan fingerprint density at radius 2 is 2.55 bits per heavy atom. The fourth-order valence-electron chi connectivity index (χ4n) is 1.27. The van der Waals surface area contributed by atoms with Crippen molar-refractivity contribution in [2.24, 2.45) is 0 Å². The lowest BCUT2D eigenvalue weighted by atomic mass is 10.0. The minimum absolute atomic E-state index is 0.426. The summed E-state index contributed by atoms with van der Waals surface area (Å²) in [5, 5.41) is 0. The van der Waals surface area contributed by atoms with Crippen LogP contribution in [0.2, 0.25) is 0 Å². The molecule has 11 heavy (non-hydrogen) atoms. The zero-order valence-corrected chi connectivity index (χ0v) is 6.03. The van der Waals surface area contributed by atoms with Gasteiger partial charge in [0.25, 0.3) is 0 Å². The lowest BCUT2D eigenvalue weighted by Crippen LogP contribution is -2.44. The molecular weight excluding hydrogens is 142 g/mol. The molecule has 1 N–H and O–H groups in total. The molecule has 1 aliphatic heterocycles. The number of likely N-dealkylation sites (tertiary alicyclic amines) is 1. The van der Waals surface area contributed by atoms with Gasteiger partial charge in [-0.3, -0.25) is 4.79 Å². The number of carbonyl (C=O) groups is 1. The van der Waals surface area contributed by atoms with E-state index in [0.29, 0.717) is 5.92 Å². The van der Waals surface area contributed by atoms with Crippen molar-refractivity contribution in [2.45, 2.75) is 5.92 Å². The number of nitrogens with one attached hydrogen (secondary N) is 1. The van der Waals surface area contributed by atoms with Crippen molar-refractivity contribution in [3.63, 3.8) is 0 Å². The van der Waals surface area contributed by atoms with Crippen LogP contribution in [-0.4, -0.2) is 34.4 Å². The highest BCUT2D eigenvalue weighted by Crippen LogP contribution is 2.21. The first-order valence-corrected chi connectivity index (χ1v) is 3.59. The molecule has 4 heteroatoms. The van der Waals surface area contributed by atoms with Crippen LogP contribution in [0.3, 0.4) is 0 Å². The molecule has 1 aromatic rings. The van der Waals surface area contributed by atoms with Crippen LogP contribution in [0.15, 0.2) is 12.4 Å². The Bertz CT molecular complexity index is 238. The van der Waals surface area contributed by atoms with E-state index in [-0.39, 0.29) is 0 Å². The van der Waals surface area contributed by atoms with Gasteiger partial charge in [-0.2, -0.15) is 0 Å². The second-order valence-electron chi connectivity index (χ2n) is 2.73. The molecule has 2 heterocycles. The highest BCUT2D eigenvalue weighted by atomic mass is 16.1. The summed E-state index contributed by atoms with van der Waals surface area (Å²) < 4.78 is 0. The van der Waals surface area contributed by atoms with E-state index >= 15 is 0 Å². The van der Waals surface area contributed by atoms with Crippen LogP contribution < -0.4 is 0 Å². The fourth-order valence-corrected chi connectivity index (χ4v) is 1.27. The number of rotatable bonds is 2. The smallest absolute Gasteiger partial charge is 0.209 e. The van der Waals surface area contributed by atoms with Gasteiger partial charge in [0.05, 0.1) is 5.92 Å². The maximum absolute atomic E-state index is 10.2. The Kier molecular flexibility index (Phi) is 1.38. The third-order valence-electron chi connectivity index (χ3n) is 1.96. The predicted octanol–water partition coefficient (Wildman–Crippen LogP) is -0.0347. The first-order valence-electron chi connectivity index (χ1n) is 3.59. The first kappa shape index (κ1) is 6.39. The molecule has 0 atom stereocenters. The van der Waals surface area contributed by atoms with Gasteiger partial charge in [0.1, 0.15) is 5.82 Å². The summed E-state index contributed by atoms with van der Waals surface area (Å²) in [6, 6.07) is 0. The minimum Gasteiger partial charge on any atom is -0.348 e. The quantitative estimate of drug-likeness (QED) is 0.603. The molecule has 1 fully saturated rings. The minimum atomic E-state index is 0.426. The summed E-state index contributed by atoms with van der Waals surface area (Å²) in [5.74, 6) is 1.42. The van der Waals surface area contributed by atoms with E-state index in [1.165, 1.54) is 0 Å². The molecular formula is C7H9N3O. The Morgan fingerprint density at radius 1 is 1.73 bits per heavy atom. The molecule has 0 radical (unpaired) electrons. The number of imidazole rings is 1. The van der Waals surface area contributed by atoms with Crippen LogP contribution in [0, 0.1) is 0 Å². The van der Waals surface area contributed by atoms with Crippen molar-refractivity contribution >= 4 is 6.41 Å². The van der Waals surface area contributed by atoms with Gasteiger partial charge in [-0.05, 0) is 0 Å². The number of amides is 1. The fraction of sp³-hybridized carbons (Fsp3) is 0.429. The third kappa shape index (κ3) is 1.00. The number of H-pyrrole nitrogens is 1. The highest BCUT2D eigenvalue weighted by molar-refractivity contribution is 5.49. The lowest BCUT2D eigenvalue weighted by molar-refractivity contribution is -0.122. The zero-order chi connectivity index (χ0) is 7.68. The Labute approximate surface area is 64.2 Å². The standard InChI is InChI=1S/C7H9N3O/c11-5-10-3-6(4-10)7-8-1-2-9-7/h1-2,5-6H,3-4H2,(H,8,9). The normalized spacial score (nSPS) is 18.0. The molecule has 1 aliphatic rings. The van der Waals surface area contributed by atoms with E-state index in [4.69, 9.17) is 0 Å². The van der Waals surface area contributed by atoms with E-state index in [0.717, 1.165) is 25.3 Å². The number of hydrogen-bond acceptors (Lipinski definition) is 2. The molecule has 1 saturated heterocycles. The average molecular weight is 151 g/mol. The molecule has 1 amide bonds. The SMILES string of the molecule is O=CN1CC(c2ncc[nH]2)C1. The van der Waals surface area contributed by atoms with Gasteiger partial charge in [0.15, 0.2) is 0 Å². The lowest BCUT2D eigenvalue weighted by Gasteiger charge is -2.34. The zero-order valence-electron chi connectivity index (χ0n) is 6.03. The Morgan fingerprint density at radius 3 is 3.09 bits per heavy atom. The number of carbonyl (C=O) groups excluding carboxylic acids is 1. The summed E-state index contributed by atoms with van der Waals surface area (Å²) >= 11 is 0. The molecule has 0 spiro atoms. The van der Waals surface area contributed by atoms with Crippen molar-refractivity contribution in [2.75, 3.05) is 13.1 Å². The molecule has 4 nitrogen and oxygen atoms in total. The second kappa shape index (κ2) is 2.38. The number of aromatic amines is 1. The third-order valence-corrected chi connectivity index (χ3v) is 1.96. The summed E-state index contributed by atoms with van der Waals surface area (Å²) in [4.78, 5) is 19.1. The van der Waals surface area contributed by atoms with Crippen LogP contribution in [0.1, 0.15) is 11.7 Å². The maximum Gasteiger partial charge on any atom is 0.209 e. The summed E-state index contributed by atoms with van der Waals surface area (Å²) in [5.41, 5.74) is 0. The maximum atomic E-state index is 10.2. The van der Waals surface area contributed by atoms with Crippen LogP contribution >= 0.6 is 0 Å². The molecule has 0 bridgehead atoms. The van der Waals surface area contributed by atoms with Crippen molar-refractivity contribution in [3.8, 4) is 0 Å². The van der Waals surface area contributed by atoms with E-state index in [9.17, 15) is 4.79 Å². The molecule has 0 saturated carbocycles. The van der Waals surface area contributed by atoms with Gasteiger partial charge in [0.2, 0.25) is 6.41 Å².